The van der Waals surface area contributed by atoms with Crippen molar-refractivity contribution in [1.29, 1.82) is 0 Å². The SMILES string of the molecule is O=C(Nc1ccc(S(=O)(=O)O)cc1)NC1CCCCC1.[NaH]. The summed E-state index contributed by atoms with van der Waals surface area (Å²) in [6.45, 7) is 0. The van der Waals surface area contributed by atoms with Crippen LogP contribution in [0, 0.1) is 0 Å². The van der Waals surface area contributed by atoms with Crippen molar-refractivity contribution in [3.63, 3.8) is 0 Å². The van der Waals surface area contributed by atoms with Crippen molar-refractivity contribution in [3.05, 3.63) is 24.3 Å². The Morgan fingerprint density at radius 1 is 1.10 bits per heavy atom. The molecule has 0 unspecified atom stereocenters. The number of amides is 2. The molecule has 2 rings (SSSR count). The average Bonchev–Trinajstić information content (AvgIpc) is 2.39. The fourth-order valence-electron chi connectivity index (χ4n) is 2.31. The number of rotatable bonds is 3. The molecule has 0 aliphatic heterocycles. The van der Waals surface area contributed by atoms with Gasteiger partial charge in [0.1, 0.15) is 0 Å². The van der Waals surface area contributed by atoms with E-state index in [0.29, 0.717) is 5.69 Å². The van der Waals surface area contributed by atoms with E-state index in [0.717, 1.165) is 25.7 Å². The standard InChI is InChI=1S/C13H18N2O4S.Na.H/c16-13(14-10-4-2-1-3-5-10)15-11-6-8-12(9-7-11)20(17,18)19;;/h6-10H,1-5H2,(H2,14,15,16)(H,17,18,19);;. The number of hydrogen-bond donors (Lipinski definition) is 3. The fourth-order valence-corrected chi connectivity index (χ4v) is 2.79. The van der Waals surface area contributed by atoms with Gasteiger partial charge in [-0.15, -0.1) is 0 Å². The summed E-state index contributed by atoms with van der Waals surface area (Å²) in [7, 11) is -4.20. The molecule has 21 heavy (non-hydrogen) atoms. The number of anilines is 1. The Kier molecular flexibility index (Phi) is 7.15. The van der Waals surface area contributed by atoms with Gasteiger partial charge in [0.2, 0.25) is 0 Å². The van der Waals surface area contributed by atoms with E-state index >= 15 is 0 Å². The van der Waals surface area contributed by atoms with Gasteiger partial charge in [-0.3, -0.25) is 4.55 Å². The predicted molar refractivity (Wildman–Crippen MR) is 82.4 cm³/mol. The molecule has 1 aliphatic rings. The first-order chi connectivity index (χ1) is 9.45. The van der Waals surface area contributed by atoms with E-state index in [1.54, 1.807) is 0 Å². The molecule has 3 N–H and O–H groups in total. The third-order valence-corrected chi connectivity index (χ3v) is 4.22. The molecule has 0 spiro atoms. The zero-order valence-electron chi connectivity index (χ0n) is 11.0. The first-order valence-electron chi connectivity index (χ1n) is 6.60. The second-order valence-electron chi connectivity index (χ2n) is 4.93. The van der Waals surface area contributed by atoms with Crippen LogP contribution in [0.1, 0.15) is 32.1 Å². The van der Waals surface area contributed by atoms with Crippen molar-refractivity contribution in [2.45, 2.75) is 43.0 Å². The molecule has 2 amide bonds. The Morgan fingerprint density at radius 2 is 1.67 bits per heavy atom. The van der Waals surface area contributed by atoms with Crippen LogP contribution in [-0.2, 0) is 10.1 Å². The minimum atomic E-state index is -4.20. The molecule has 8 heteroatoms. The van der Waals surface area contributed by atoms with Gasteiger partial charge in [0.25, 0.3) is 10.1 Å². The van der Waals surface area contributed by atoms with E-state index in [2.05, 4.69) is 10.6 Å². The molecule has 0 aromatic heterocycles. The van der Waals surface area contributed by atoms with Gasteiger partial charge in [0, 0.05) is 11.7 Å². The van der Waals surface area contributed by atoms with Crippen LogP contribution in [0.5, 0.6) is 0 Å². The summed E-state index contributed by atoms with van der Waals surface area (Å²) in [5, 5.41) is 5.54. The van der Waals surface area contributed by atoms with E-state index < -0.39 is 10.1 Å². The number of urea groups is 1. The van der Waals surface area contributed by atoms with Crippen LogP contribution in [-0.4, -0.2) is 54.6 Å². The number of benzene rings is 1. The molecule has 0 bridgehead atoms. The monoisotopic (exact) mass is 322 g/mol. The molecule has 0 heterocycles. The topological polar surface area (TPSA) is 95.5 Å². The number of carbonyl (C=O) groups is 1. The van der Waals surface area contributed by atoms with Crippen molar-refractivity contribution in [2.75, 3.05) is 5.32 Å². The van der Waals surface area contributed by atoms with Crippen LogP contribution < -0.4 is 10.6 Å². The molecule has 1 aliphatic carbocycles. The summed E-state index contributed by atoms with van der Waals surface area (Å²) < 4.78 is 30.6. The summed E-state index contributed by atoms with van der Waals surface area (Å²) in [6.07, 6.45) is 5.48. The third kappa shape index (κ3) is 5.96. The number of carbonyl (C=O) groups excluding carboxylic acids is 1. The molecular weight excluding hydrogens is 303 g/mol. The average molecular weight is 322 g/mol. The van der Waals surface area contributed by atoms with Crippen molar-refractivity contribution >= 4 is 51.4 Å². The fraction of sp³-hybridized carbons (Fsp3) is 0.462. The maximum absolute atomic E-state index is 11.8. The van der Waals surface area contributed by atoms with E-state index in [4.69, 9.17) is 4.55 Å². The summed E-state index contributed by atoms with van der Waals surface area (Å²) >= 11 is 0. The van der Waals surface area contributed by atoms with Gasteiger partial charge in [-0.25, -0.2) is 4.79 Å². The van der Waals surface area contributed by atoms with Crippen LogP contribution in [0.3, 0.4) is 0 Å². The molecule has 0 radical (unpaired) electrons. The Bertz CT molecular complexity index is 568. The van der Waals surface area contributed by atoms with Crippen molar-refractivity contribution < 1.29 is 17.8 Å². The maximum atomic E-state index is 11.8. The summed E-state index contributed by atoms with van der Waals surface area (Å²) in [4.78, 5) is 11.6. The second kappa shape index (κ2) is 8.14. The normalized spacial score (nSPS) is 15.9. The van der Waals surface area contributed by atoms with Crippen LogP contribution in [0.2, 0.25) is 0 Å². The quantitative estimate of drug-likeness (QED) is 0.583. The Morgan fingerprint density at radius 3 is 2.19 bits per heavy atom. The molecular formula is C13H19N2NaO4S. The molecule has 112 valence electrons. The van der Waals surface area contributed by atoms with Crippen LogP contribution >= 0.6 is 0 Å². The Hall–Kier alpha value is -0.600. The molecule has 6 nitrogen and oxygen atoms in total. The van der Waals surface area contributed by atoms with E-state index in [1.807, 2.05) is 0 Å². The minimum absolute atomic E-state index is 0. The number of nitrogens with one attached hydrogen (secondary N) is 2. The van der Waals surface area contributed by atoms with E-state index in [9.17, 15) is 13.2 Å². The van der Waals surface area contributed by atoms with Crippen LogP contribution in [0.25, 0.3) is 0 Å². The molecule has 0 atom stereocenters. The zero-order valence-corrected chi connectivity index (χ0v) is 11.8. The first kappa shape index (κ1) is 18.4. The first-order valence-corrected chi connectivity index (χ1v) is 8.04. The summed E-state index contributed by atoms with van der Waals surface area (Å²) in [6, 6.07) is 5.27. The van der Waals surface area contributed by atoms with Gasteiger partial charge in [0.15, 0.2) is 0 Å². The van der Waals surface area contributed by atoms with Gasteiger partial charge in [0.05, 0.1) is 4.90 Å². The molecule has 1 fully saturated rings. The number of hydrogen-bond acceptors (Lipinski definition) is 3. The molecule has 0 saturated heterocycles. The summed E-state index contributed by atoms with van der Waals surface area (Å²) in [5.41, 5.74) is 0.478. The zero-order chi connectivity index (χ0) is 14.6. The van der Waals surface area contributed by atoms with Crippen LogP contribution in [0.4, 0.5) is 10.5 Å². The Labute approximate surface area is 146 Å². The van der Waals surface area contributed by atoms with Gasteiger partial charge >= 0.3 is 35.6 Å². The van der Waals surface area contributed by atoms with Crippen LogP contribution in [0.15, 0.2) is 29.2 Å². The van der Waals surface area contributed by atoms with Crippen molar-refractivity contribution in [2.24, 2.45) is 0 Å². The molecule has 1 saturated carbocycles. The third-order valence-electron chi connectivity index (χ3n) is 3.35. The van der Waals surface area contributed by atoms with Crippen molar-refractivity contribution in [3.8, 4) is 0 Å². The van der Waals surface area contributed by atoms with E-state index in [-0.39, 0.29) is 46.5 Å². The molecule has 1 aromatic carbocycles. The van der Waals surface area contributed by atoms with E-state index in [1.165, 1.54) is 30.7 Å². The van der Waals surface area contributed by atoms with Gasteiger partial charge in [-0.1, -0.05) is 19.3 Å². The predicted octanol–water partition coefficient (Wildman–Crippen LogP) is 1.74. The van der Waals surface area contributed by atoms with Gasteiger partial charge in [-0.2, -0.15) is 8.42 Å². The Balaban J connectivity index is 0.00000220. The summed E-state index contributed by atoms with van der Waals surface area (Å²) in [5.74, 6) is 0. The van der Waals surface area contributed by atoms with Gasteiger partial charge in [-0.05, 0) is 37.1 Å². The molecule has 1 aromatic rings. The second-order valence-corrected chi connectivity index (χ2v) is 6.35. The van der Waals surface area contributed by atoms with Gasteiger partial charge < -0.3 is 10.6 Å². The van der Waals surface area contributed by atoms with Crippen molar-refractivity contribution in [1.82, 2.24) is 5.32 Å².